The van der Waals surface area contributed by atoms with Crippen molar-refractivity contribution in [2.24, 2.45) is 28.4 Å². The molecular weight excluding hydrogens is 479 g/mol. The molecule has 3 aliphatic rings. The van der Waals surface area contributed by atoms with Gasteiger partial charge in [0.15, 0.2) is 0 Å². The van der Waals surface area contributed by atoms with Crippen molar-refractivity contribution in [1.82, 2.24) is 0 Å². The second-order valence-corrected chi connectivity index (χ2v) is 11.4. The molecule has 0 radical (unpaired) electrons. The van der Waals surface area contributed by atoms with Crippen LogP contribution in [0.2, 0.25) is 0 Å². The molecule has 8 nitrogen and oxygen atoms in total. The number of rotatable bonds is 6. The van der Waals surface area contributed by atoms with E-state index in [9.17, 15) is 31.2 Å². The molecule has 0 saturated heterocycles. The molecule has 2 saturated carbocycles. The summed E-state index contributed by atoms with van der Waals surface area (Å²) in [5.41, 5.74) is -0.990. The van der Waals surface area contributed by atoms with Crippen LogP contribution in [0.15, 0.2) is 23.5 Å². The van der Waals surface area contributed by atoms with Crippen LogP contribution in [0.1, 0.15) is 52.4 Å². The van der Waals surface area contributed by atoms with E-state index in [0.717, 1.165) is 0 Å². The zero-order chi connectivity index (χ0) is 25.7. The summed E-state index contributed by atoms with van der Waals surface area (Å²) in [6, 6.07) is 0. The van der Waals surface area contributed by atoms with E-state index < -0.39 is 43.9 Å². The lowest BCUT2D eigenvalue weighted by Gasteiger charge is -2.61. The average Bonchev–Trinajstić information content (AvgIpc) is 3.06. The van der Waals surface area contributed by atoms with Crippen molar-refractivity contribution in [2.45, 2.75) is 63.4 Å². The molecule has 5 atom stereocenters. The van der Waals surface area contributed by atoms with Crippen molar-refractivity contribution in [3.63, 3.8) is 0 Å². The maximum absolute atomic E-state index is 12.9. The lowest BCUT2D eigenvalue weighted by atomic mass is 9.45. The minimum Gasteiger partial charge on any atom is -0.469 e. The van der Waals surface area contributed by atoms with Gasteiger partial charge in [-0.05, 0) is 61.5 Å². The Morgan fingerprint density at radius 2 is 1.71 bits per heavy atom. The largest absolute Gasteiger partial charge is 0.534 e. The van der Waals surface area contributed by atoms with Crippen LogP contribution in [-0.2, 0) is 33.4 Å². The number of methoxy groups -OCH3 is 2. The number of hydrogen-bond acceptors (Lipinski definition) is 8. The Balaban J connectivity index is 1.97. The van der Waals surface area contributed by atoms with Gasteiger partial charge in [-0.1, -0.05) is 13.0 Å². The molecule has 2 N–H and O–H groups in total. The molecule has 3 aliphatic carbocycles. The zero-order valence-electron chi connectivity index (χ0n) is 19.5. The molecule has 192 valence electrons. The van der Waals surface area contributed by atoms with Crippen LogP contribution in [0.4, 0.5) is 13.2 Å². The number of carbonyl (C=O) groups excluding carboxylic acids is 2. The van der Waals surface area contributed by atoms with Crippen LogP contribution in [0.25, 0.3) is 0 Å². The number of allylic oxidation sites excluding steroid dienone is 3. The predicted molar refractivity (Wildman–Crippen MR) is 114 cm³/mol. The average molecular weight is 510 g/mol. The third-order valence-corrected chi connectivity index (χ3v) is 9.07. The monoisotopic (exact) mass is 509 g/mol. The molecule has 2 fully saturated rings. The summed E-state index contributed by atoms with van der Waals surface area (Å²) in [6.45, 7) is 3.49. The number of alkyl halides is 3. The van der Waals surface area contributed by atoms with Gasteiger partial charge in [0.05, 0.1) is 20.6 Å². The first-order valence-corrected chi connectivity index (χ1v) is 12.3. The second kappa shape index (κ2) is 8.54. The Morgan fingerprint density at radius 3 is 2.26 bits per heavy atom. The Labute approximate surface area is 196 Å². The number of carbonyl (C=O) groups is 2. The van der Waals surface area contributed by atoms with Crippen molar-refractivity contribution in [3.05, 3.63) is 23.5 Å². The fourth-order valence-corrected chi connectivity index (χ4v) is 6.84. The maximum Gasteiger partial charge on any atom is 0.534 e. The quantitative estimate of drug-likeness (QED) is 0.329. The summed E-state index contributed by atoms with van der Waals surface area (Å²) in [7, 11) is -3.29. The summed E-state index contributed by atoms with van der Waals surface area (Å²) < 4.78 is 76.5. The van der Waals surface area contributed by atoms with Gasteiger partial charge in [-0.25, -0.2) is 0 Å². The number of fused-ring (bicyclic) bond motifs is 3. The van der Waals surface area contributed by atoms with Gasteiger partial charge in [0.25, 0.3) is 0 Å². The summed E-state index contributed by atoms with van der Waals surface area (Å²) >= 11 is 0. The summed E-state index contributed by atoms with van der Waals surface area (Å²) in [4.78, 5) is 24.5. The lowest BCUT2D eigenvalue weighted by Crippen LogP contribution is -2.64. The lowest BCUT2D eigenvalue weighted by molar-refractivity contribution is -0.154. The van der Waals surface area contributed by atoms with E-state index in [2.05, 4.69) is 4.18 Å². The van der Waals surface area contributed by atoms with Crippen LogP contribution in [-0.4, -0.2) is 45.6 Å². The molecule has 3 rings (SSSR count). The SMILES string of the molecule is COC(=O)C[C@@H]1CC[C@@]2(N)C3=CC=C(OS(=O)(=O)C(F)(F)F)[C@@]3(C)CC[C@@H]2[C@@]1(C)CC(=O)OC. The van der Waals surface area contributed by atoms with E-state index >= 15 is 0 Å². The van der Waals surface area contributed by atoms with Crippen LogP contribution in [0, 0.1) is 22.7 Å². The smallest absolute Gasteiger partial charge is 0.469 e. The molecule has 0 aromatic heterocycles. The minimum absolute atomic E-state index is 0.00197. The maximum atomic E-state index is 12.9. The second-order valence-electron chi connectivity index (χ2n) is 9.83. The highest BCUT2D eigenvalue weighted by atomic mass is 32.2. The van der Waals surface area contributed by atoms with Crippen LogP contribution in [0.3, 0.4) is 0 Å². The van der Waals surface area contributed by atoms with Gasteiger partial charge in [0, 0.05) is 17.4 Å². The van der Waals surface area contributed by atoms with Crippen molar-refractivity contribution in [1.29, 1.82) is 0 Å². The van der Waals surface area contributed by atoms with E-state index in [1.54, 1.807) is 6.92 Å². The summed E-state index contributed by atoms with van der Waals surface area (Å²) in [5, 5.41) is 0. The van der Waals surface area contributed by atoms with Gasteiger partial charge in [0.2, 0.25) is 0 Å². The molecule has 0 aromatic rings. The van der Waals surface area contributed by atoms with E-state index in [1.807, 2.05) is 6.92 Å². The Hall–Kier alpha value is -2.08. The van der Waals surface area contributed by atoms with Gasteiger partial charge in [-0.2, -0.15) is 21.6 Å². The number of hydrogen-bond donors (Lipinski definition) is 1. The first-order chi connectivity index (χ1) is 15.5. The third-order valence-electron chi connectivity index (χ3n) is 8.11. The summed E-state index contributed by atoms with van der Waals surface area (Å²) in [5.74, 6) is -1.76. The fourth-order valence-electron chi connectivity index (χ4n) is 6.27. The van der Waals surface area contributed by atoms with Crippen molar-refractivity contribution >= 4 is 22.1 Å². The Bertz CT molecular complexity index is 1040. The van der Waals surface area contributed by atoms with E-state index in [4.69, 9.17) is 15.2 Å². The molecule has 0 aliphatic heterocycles. The van der Waals surface area contributed by atoms with Crippen LogP contribution in [0.5, 0.6) is 0 Å². The third kappa shape index (κ3) is 4.12. The number of esters is 2. The normalized spacial score (nSPS) is 35.4. The van der Waals surface area contributed by atoms with Crippen LogP contribution >= 0.6 is 0 Å². The van der Waals surface area contributed by atoms with E-state index in [0.29, 0.717) is 24.8 Å². The zero-order valence-corrected chi connectivity index (χ0v) is 20.3. The topological polar surface area (TPSA) is 122 Å². The highest BCUT2D eigenvalue weighted by Crippen LogP contribution is 2.65. The number of halogens is 3. The molecule has 0 amide bonds. The molecule has 34 heavy (non-hydrogen) atoms. The highest BCUT2D eigenvalue weighted by Gasteiger charge is 2.63. The van der Waals surface area contributed by atoms with E-state index in [1.165, 1.54) is 26.4 Å². The van der Waals surface area contributed by atoms with Crippen molar-refractivity contribution in [3.8, 4) is 0 Å². The van der Waals surface area contributed by atoms with Gasteiger partial charge in [0.1, 0.15) is 5.76 Å². The van der Waals surface area contributed by atoms with Gasteiger partial charge in [-0.3, -0.25) is 9.59 Å². The Kier molecular flexibility index (Phi) is 6.66. The first kappa shape index (κ1) is 26.5. The van der Waals surface area contributed by atoms with E-state index in [-0.39, 0.29) is 36.9 Å². The van der Waals surface area contributed by atoms with Crippen molar-refractivity contribution in [2.75, 3.05) is 14.2 Å². The standard InChI is InChI=1S/C22H30F3NO7S/c1-19-9-8-15-20(2,12-18(28)32-4)13(11-17(27)31-3)7-10-21(15,26)14(19)5-6-16(19)33-34(29,30)22(23,24)25/h5-6,13,15H,7-12,26H2,1-4H3/t13-,15+,19-,20-,21+/m0/s1. The van der Waals surface area contributed by atoms with Crippen molar-refractivity contribution < 1.29 is 44.8 Å². The first-order valence-electron chi connectivity index (χ1n) is 10.9. The number of ether oxygens (including phenoxy) is 2. The molecule has 0 heterocycles. The highest BCUT2D eigenvalue weighted by molar-refractivity contribution is 7.87. The molecule has 0 spiro atoms. The summed E-state index contributed by atoms with van der Waals surface area (Å²) in [6.07, 6.45) is 4.33. The van der Waals surface area contributed by atoms with Gasteiger partial charge >= 0.3 is 27.6 Å². The minimum atomic E-state index is -5.84. The molecule has 0 aromatic carbocycles. The van der Waals surface area contributed by atoms with Gasteiger partial charge in [-0.15, -0.1) is 0 Å². The molecule has 0 bridgehead atoms. The fraction of sp³-hybridized carbons (Fsp3) is 0.727. The molecule has 0 unspecified atom stereocenters. The number of nitrogens with two attached hydrogens (primary N) is 1. The van der Waals surface area contributed by atoms with Gasteiger partial charge < -0.3 is 19.4 Å². The van der Waals surface area contributed by atoms with Crippen LogP contribution < -0.4 is 5.73 Å². The predicted octanol–water partition coefficient (Wildman–Crippen LogP) is 3.33. The molecular formula is C22H30F3NO7S. The Morgan fingerprint density at radius 1 is 1.09 bits per heavy atom. The molecule has 12 heteroatoms.